The summed E-state index contributed by atoms with van der Waals surface area (Å²) in [6, 6.07) is 26.7. The van der Waals surface area contributed by atoms with E-state index in [1.54, 1.807) is 54.7 Å². The van der Waals surface area contributed by atoms with Gasteiger partial charge in [0.15, 0.2) is 6.61 Å². The van der Waals surface area contributed by atoms with Gasteiger partial charge in [0.1, 0.15) is 23.3 Å². The lowest BCUT2D eigenvalue weighted by Crippen LogP contribution is -2.51. The molecule has 0 saturated heterocycles. The lowest BCUT2D eigenvalue weighted by atomic mass is 10.0. The second kappa shape index (κ2) is 13.4. The van der Waals surface area contributed by atoms with Crippen LogP contribution in [0, 0.1) is 0 Å². The molecular formula is C30H29ClN2O5. The van der Waals surface area contributed by atoms with E-state index in [1.807, 2.05) is 54.6 Å². The summed E-state index contributed by atoms with van der Waals surface area (Å²) in [5.74, 6) is 1.06. The highest BCUT2D eigenvalue weighted by atomic mass is 35.5. The number of carbonyl (C=O) groups is 2. The van der Waals surface area contributed by atoms with Crippen LogP contribution < -0.4 is 14.8 Å². The summed E-state index contributed by atoms with van der Waals surface area (Å²) in [5.41, 5.74) is 1.76. The summed E-state index contributed by atoms with van der Waals surface area (Å²) in [4.78, 5) is 28.8. The fraction of sp³-hybridized carbons (Fsp3) is 0.200. The Morgan fingerprint density at radius 3 is 2.34 bits per heavy atom. The average Bonchev–Trinajstić information content (AvgIpc) is 3.48. The van der Waals surface area contributed by atoms with Gasteiger partial charge in [-0.2, -0.15) is 0 Å². The molecule has 1 atom stereocenters. The van der Waals surface area contributed by atoms with Crippen LogP contribution >= 0.6 is 11.6 Å². The molecule has 0 bridgehead atoms. The Labute approximate surface area is 226 Å². The normalized spacial score (nSPS) is 11.4. The van der Waals surface area contributed by atoms with E-state index in [-0.39, 0.29) is 31.5 Å². The van der Waals surface area contributed by atoms with Crippen LogP contribution in [0.3, 0.4) is 0 Å². The zero-order valence-electron chi connectivity index (χ0n) is 21.0. The average molecular weight is 533 g/mol. The highest BCUT2D eigenvalue weighted by Crippen LogP contribution is 2.24. The molecule has 4 rings (SSSR count). The second-order valence-electron chi connectivity index (χ2n) is 8.59. The molecule has 0 aliphatic carbocycles. The summed E-state index contributed by atoms with van der Waals surface area (Å²) in [5, 5.41) is 3.32. The van der Waals surface area contributed by atoms with Crippen molar-refractivity contribution in [2.75, 3.05) is 13.7 Å². The molecule has 0 fully saturated rings. The number of furan rings is 1. The fourth-order valence-electron chi connectivity index (χ4n) is 3.97. The minimum Gasteiger partial charge on any atom is -0.497 e. The van der Waals surface area contributed by atoms with E-state index in [0.717, 1.165) is 11.1 Å². The number of nitrogens with one attached hydrogen (secondary N) is 1. The molecule has 0 aliphatic rings. The van der Waals surface area contributed by atoms with Crippen molar-refractivity contribution in [2.24, 2.45) is 0 Å². The number of methoxy groups -OCH3 is 1. The van der Waals surface area contributed by atoms with Crippen LogP contribution in [0.4, 0.5) is 0 Å². The summed E-state index contributed by atoms with van der Waals surface area (Å²) in [7, 11) is 1.59. The van der Waals surface area contributed by atoms with Crippen LogP contribution in [0.1, 0.15) is 16.9 Å². The first kappa shape index (κ1) is 26.8. The number of hydrogen-bond acceptors (Lipinski definition) is 5. The predicted octanol–water partition coefficient (Wildman–Crippen LogP) is 5.28. The Kier molecular flexibility index (Phi) is 9.43. The van der Waals surface area contributed by atoms with Gasteiger partial charge in [-0.3, -0.25) is 9.59 Å². The Hall–Kier alpha value is -4.23. The summed E-state index contributed by atoms with van der Waals surface area (Å²) >= 11 is 6.22. The Morgan fingerprint density at radius 2 is 1.66 bits per heavy atom. The van der Waals surface area contributed by atoms with Crippen molar-refractivity contribution in [3.8, 4) is 11.5 Å². The Morgan fingerprint density at radius 1 is 0.921 bits per heavy atom. The monoisotopic (exact) mass is 532 g/mol. The molecule has 1 heterocycles. The molecule has 7 nitrogen and oxygen atoms in total. The van der Waals surface area contributed by atoms with Crippen molar-refractivity contribution < 1.29 is 23.5 Å². The lowest BCUT2D eigenvalue weighted by molar-refractivity contribution is -0.142. The van der Waals surface area contributed by atoms with Gasteiger partial charge in [-0.1, -0.05) is 66.2 Å². The molecule has 196 valence electrons. The van der Waals surface area contributed by atoms with Crippen molar-refractivity contribution in [1.29, 1.82) is 0 Å². The number of nitrogens with zero attached hydrogens (tertiary/aromatic N) is 1. The number of para-hydroxylation sites is 1. The maximum absolute atomic E-state index is 13.7. The molecule has 38 heavy (non-hydrogen) atoms. The molecule has 3 aromatic carbocycles. The van der Waals surface area contributed by atoms with Crippen molar-refractivity contribution in [2.45, 2.75) is 25.6 Å². The number of halogens is 1. The molecule has 2 amide bonds. The van der Waals surface area contributed by atoms with Gasteiger partial charge in [0, 0.05) is 13.0 Å². The van der Waals surface area contributed by atoms with E-state index < -0.39 is 6.04 Å². The van der Waals surface area contributed by atoms with Crippen LogP contribution in [-0.2, 0) is 29.1 Å². The Balaban J connectivity index is 1.61. The smallest absolute Gasteiger partial charge is 0.261 e. The maximum atomic E-state index is 13.7. The zero-order valence-corrected chi connectivity index (χ0v) is 21.8. The molecule has 0 aliphatic heterocycles. The highest BCUT2D eigenvalue weighted by Gasteiger charge is 2.31. The van der Waals surface area contributed by atoms with Crippen LogP contribution in [0.5, 0.6) is 11.5 Å². The molecule has 1 aromatic heterocycles. The fourth-order valence-corrected chi connectivity index (χ4v) is 4.16. The highest BCUT2D eigenvalue weighted by molar-refractivity contribution is 6.32. The van der Waals surface area contributed by atoms with E-state index in [0.29, 0.717) is 28.7 Å². The molecule has 0 unspecified atom stereocenters. The number of carbonyl (C=O) groups excluding carboxylic acids is 2. The maximum Gasteiger partial charge on any atom is 0.261 e. The minimum atomic E-state index is -0.809. The Bertz CT molecular complexity index is 1310. The van der Waals surface area contributed by atoms with Gasteiger partial charge in [-0.05, 0) is 47.5 Å². The molecule has 0 radical (unpaired) electrons. The quantitative estimate of drug-likeness (QED) is 0.268. The molecule has 4 aromatic rings. The standard InChI is InChI=1S/C30H29ClN2O5/c1-36-24-15-13-23(14-16-24)20-33(29(34)21-38-28-12-6-5-11-26(28)31)27(18-22-8-3-2-4-9-22)30(35)32-19-25-10-7-17-37-25/h2-17,27H,18-21H2,1H3,(H,32,35)/t27-/m1/s1. The first-order valence-corrected chi connectivity index (χ1v) is 12.5. The molecule has 1 N–H and O–H groups in total. The van der Waals surface area contributed by atoms with Gasteiger partial charge in [0.25, 0.3) is 5.91 Å². The molecule has 0 saturated carbocycles. The van der Waals surface area contributed by atoms with Crippen molar-refractivity contribution in [1.82, 2.24) is 10.2 Å². The van der Waals surface area contributed by atoms with Crippen molar-refractivity contribution >= 4 is 23.4 Å². The van der Waals surface area contributed by atoms with Gasteiger partial charge < -0.3 is 24.1 Å². The van der Waals surface area contributed by atoms with Gasteiger partial charge >= 0.3 is 0 Å². The zero-order chi connectivity index (χ0) is 26.7. The third kappa shape index (κ3) is 7.40. The molecule has 8 heteroatoms. The number of amides is 2. The van der Waals surface area contributed by atoms with E-state index in [4.69, 9.17) is 25.5 Å². The number of benzene rings is 3. The van der Waals surface area contributed by atoms with E-state index in [9.17, 15) is 9.59 Å². The van der Waals surface area contributed by atoms with Gasteiger partial charge in [-0.25, -0.2) is 0 Å². The van der Waals surface area contributed by atoms with Crippen molar-refractivity contribution in [3.63, 3.8) is 0 Å². The van der Waals surface area contributed by atoms with E-state index in [2.05, 4.69) is 5.32 Å². The SMILES string of the molecule is COc1ccc(CN(C(=O)COc2ccccc2Cl)[C@H](Cc2ccccc2)C(=O)NCc2ccco2)cc1. The number of rotatable bonds is 12. The van der Waals surface area contributed by atoms with Gasteiger partial charge in [-0.15, -0.1) is 0 Å². The van der Waals surface area contributed by atoms with Crippen LogP contribution in [0.15, 0.2) is 102 Å². The van der Waals surface area contributed by atoms with Gasteiger partial charge in [0.2, 0.25) is 5.91 Å². The van der Waals surface area contributed by atoms with Gasteiger partial charge in [0.05, 0.1) is 24.9 Å². The third-order valence-electron chi connectivity index (χ3n) is 5.99. The van der Waals surface area contributed by atoms with E-state index >= 15 is 0 Å². The third-order valence-corrected chi connectivity index (χ3v) is 6.30. The predicted molar refractivity (Wildman–Crippen MR) is 145 cm³/mol. The largest absolute Gasteiger partial charge is 0.497 e. The summed E-state index contributed by atoms with van der Waals surface area (Å²) in [6.07, 6.45) is 1.87. The first-order chi connectivity index (χ1) is 18.5. The summed E-state index contributed by atoms with van der Waals surface area (Å²) in [6.45, 7) is 0.120. The molecular weight excluding hydrogens is 504 g/mol. The van der Waals surface area contributed by atoms with Crippen LogP contribution in [0.25, 0.3) is 0 Å². The van der Waals surface area contributed by atoms with E-state index in [1.165, 1.54) is 0 Å². The first-order valence-electron chi connectivity index (χ1n) is 12.2. The minimum absolute atomic E-state index is 0.195. The second-order valence-corrected chi connectivity index (χ2v) is 9.00. The lowest BCUT2D eigenvalue weighted by Gasteiger charge is -2.31. The topological polar surface area (TPSA) is 81.0 Å². The van der Waals surface area contributed by atoms with Crippen LogP contribution in [-0.4, -0.2) is 36.5 Å². The number of hydrogen-bond donors (Lipinski definition) is 1. The van der Waals surface area contributed by atoms with Crippen LogP contribution in [0.2, 0.25) is 5.02 Å². The van der Waals surface area contributed by atoms with Crippen molar-refractivity contribution in [3.05, 3.63) is 119 Å². The molecule has 0 spiro atoms. The summed E-state index contributed by atoms with van der Waals surface area (Å²) < 4.78 is 16.4. The number of ether oxygens (including phenoxy) is 2.